The van der Waals surface area contributed by atoms with Gasteiger partial charge in [0.05, 0.1) is 11.1 Å². The maximum absolute atomic E-state index is 13.2. The molecule has 0 saturated heterocycles. The zero-order valence-electron chi connectivity index (χ0n) is 16.1. The first-order chi connectivity index (χ1) is 14.6. The number of para-hydroxylation sites is 1. The van der Waals surface area contributed by atoms with Crippen molar-refractivity contribution in [3.05, 3.63) is 102 Å². The Bertz CT molecular complexity index is 1250. The van der Waals surface area contributed by atoms with Crippen LogP contribution in [0.25, 0.3) is 22.0 Å². The highest BCUT2D eigenvalue weighted by atomic mass is 16.2. The lowest BCUT2D eigenvalue weighted by molar-refractivity contribution is -0.120. The predicted molar refractivity (Wildman–Crippen MR) is 116 cm³/mol. The molecule has 5 rings (SSSR count). The summed E-state index contributed by atoms with van der Waals surface area (Å²) in [4.78, 5) is 30.0. The number of nitrogens with zero attached hydrogens (tertiary/aromatic N) is 1. The summed E-state index contributed by atoms with van der Waals surface area (Å²) < 4.78 is 0. The number of carbonyl (C=O) groups excluding carboxylic acids is 2. The molecule has 0 radical (unpaired) electrons. The molecule has 0 bridgehead atoms. The summed E-state index contributed by atoms with van der Waals surface area (Å²) in [5, 5.41) is 3.64. The van der Waals surface area contributed by atoms with Gasteiger partial charge >= 0.3 is 0 Å². The van der Waals surface area contributed by atoms with Crippen molar-refractivity contribution in [2.75, 3.05) is 0 Å². The van der Waals surface area contributed by atoms with Gasteiger partial charge in [0.2, 0.25) is 5.91 Å². The predicted octanol–water partition coefficient (Wildman–Crippen LogP) is 3.63. The minimum absolute atomic E-state index is 0.341. The second kappa shape index (κ2) is 7.12. The molecule has 1 heterocycles. The van der Waals surface area contributed by atoms with Crippen molar-refractivity contribution in [1.29, 1.82) is 0 Å². The monoisotopic (exact) mass is 393 g/mol. The average molecular weight is 393 g/mol. The molecule has 1 aromatic heterocycles. The first-order valence-corrected chi connectivity index (χ1v) is 9.77. The molecule has 1 atom stereocenters. The van der Waals surface area contributed by atoms with E-state index in [0.29, 0.717) is 5.56 Å². The van der Waals surface area contributed by atoms with Gasteiger partial charge in [-0.25, -0.2) is 0 Å². The lowest BCUT2D eigenvalue weighted by Gasteiger charge is -2.24. The molecule has 0 spiro atoms. The van der Waals surface area contributed by atoms with Crippen LogP contribution in [0.1, 0.15) is 27.4 Å². The lowest BCUT2D eigenvalue weighted by atomic mass is 9.88. The number of carbonyl (C=O) groups is 2. The third-order valence-corrected chi connectivity index (χ3v) is 5.70. The van der Waals surface area contributed by atoms with E-state index in [1.54, 1.807) is 12.3 Å². The molecule has 1 aliphatic carbocycles. The Morgan fingerprint density at radius 3 is 2.10 bits per heavy atom. The van der Waals surface area contributed by atoms with Crippen molar-refractivity contribution in [2.24, 2.45) is 5.73 Å². The van der Waals surface area contributed by atoms with Crippen molar-refractivity contribution in [3.8, 4) is 11.1 Å². The molecule has 146 valence electrons. The second-order valence-electron chi connectivity index (χ2n) is 7.38. The van der Waals surface area contributed by atoms with E-state index in [-0.39, 0.29) is 11.8 Å². The SMILES string of the molecule is NC(=O)[C@H](NC(=O)c1ccnc2ccccc12)C1c2ccccc2-c2ccccc21. The Balaban J connectivity index is 1.57. The van der Waals surface area contributed by atoms with E-state index in [1.807, 2.05) is 72.8 Å². The minimum atomic E-state index is -0.880. The van der Waals surface area contributed by atoms with E-state index < -0.39 is 11.9 Å². The van der Waals surface area contributed by atoms with Gasteiger partial charge in [-0.05, 0) is 34.4 Å². The molecule has 0 fully saturated rings. The Labute approximate surface area is 173 Å². The number of hydrogen-bond acceptors (Lipinski definition) is 3. The van der Waals surface area contributed by atoms with Gasteiger partial charge in [0.1, 0.15) is 6.04 Å². The maximum atomic E-state index is 13.2. The maximum Gasteiger partial charge on any atom is 0.252 e. The zero-order chi connectivity index (χ0) is 20.7. The summed E-state index contributed by atoms with van der Waals surface area (Å²) >= 11 is 0. The topological polar surface area (TPSA) is 85.1 Å². The van der Waals surface area contributed by atoms with Crippen LogP contribution in [0.2, 0.25) is 0 Å². The van der Waals surface area contributed by atoms with Crippen LogP contribution in [-0.2, 0) is 4.79 Å². The number of amides is 2. The molecule has 0 saturated carbocycles. The number of fused-ring (bicyclic) bond motifs is 4. The van der Waals surface area contributed by atoms with Crippen molar-refractivity contribution >= 4 is 22.7 Å². The number of nitrogens with two attached hydrogens (primary N) is 1. The van der Waals surface area contributed by atoms with Gasteiger partial charge in [-0.15, -0.1) is 0 Å². The third kappa shape index (κ3) is 2.83. The van der Waals surface area contributed by atoms with Gasteiger partial charge in [-0.3, -0.25) is 14.6 Å². The number of nitrogens with one attached hydrogen (secondary N) is 1. The zero-order valence-corrected chi connectivity index (χ0v) is 16.1. The first-order valence-electron chi connectivity index (χ1n) is 9.77. The Morgan fingerprint density at radius 1 is 0.833 bits per heavy atom. The summed E-state index contributed by atoms with van der Waals surface area (Å²) in [7, 11) is 0. The fraction of sp³-hybridized carbons (Fsp3) is 0.0800. The summed E-state index contributed by atoms with van der Waals surface area (Å²) in [6, 6.07) is 24.1. The molecule has 0 aliphatic heterocycles. The molecular formula is C25H19N3O2. The highest BCUT2D eigenvalue weighted by Gasteiger charge is 2.38. The quantitative estimate of drug-likeness (QED) is 0.555. The molecule has 2 amide bonds. The largest absolute Gasteiger partial charge is 0.368 e. The van der Waals surface area contributed by atoms with Crippen LogP contribution in [0, 0.1) is 0 Å². The number of hydrogen-bond donors (Lipinski definition) is 2. The van der Waals surface area contributed by atoms with Crippen LogP contribution in [0.4, 0.5) is 0 Å². The molecule has 4 aromatic rings. The van der Waals surface area contributed by atoms with Gasteiger partial charge in [-0.1, -0.05) is 66.7 Å². The summed E-state index contributed by atoms with van der Waals surface area (Å²) in [6.07, 6.45) is 1.59. The summed E-state index contributed by atoms with van der Waals surface area (Å²) in [5.74, 6) is -1.26. The van der Waals surface area contributed by atoms with Crippen molar-refractivity contribution in [2.45, 2.75) is 12.0 Å². The van der Waals surface area contributed by atoms with Crippen molar-refractivity contribution in [3.63, 3.8) is 0 Å². The van der Waals surface area contributed by atoms with Crippen molar-refractivity contribution < 1.29 is 9.59 Å². The number of primary amides is 1. The highest BCUT2D eigenvalue weighted by Crippen LogP contribution is 2.46. The van der Waals surface area contributed by atoms with Crippen LogP contribution in [0.5, 0.6) is 0 Å². The molecular weight excluding hydrogens is 374 g/mol. The fourth-order valence-electron chi connectivity index (χ4n) is 4.39. The number of benzene rings is 3. The van der Waals surface area contributed by atoms with E-state index in [9.17, 15) is 9.59 Å². The fourth-order valence-corrected chi connectivity index (χ4v) is 4.39. The van der Waals surface area contributed by atoms with E-state index >= 15 is 0 Å². The molecule has 5 nitrogen and oxygen atoms in total. The summed E-state index contributed by atoms with van der Waals surface area (Å²) in [5.41, 5.74) is 11.1. The number of rotatable bonds is 4. The van der Waals surface area contributed by atoms with Crippen LogP contribution >= 0.6 is 0 Å². The van der Waals surface area contributed by atoms with E-state index in [0.717, 1.165) is 33.2 Å². The van der Waals surface area contributed by atoms with E-state index in [4.69, 9.17) is 5.73 Å². The molecule has 5 heteroatoms. The molecule has 1 aliphatic rings. The normalized spacial score (nSPS) is 13.5. The lowest BCUT2D eigenvalue weighted by Crippen LogP contribution is -2.48. The van der Waals surface area contributed by atoms with E-state index in [2.05, 4.69) is 10.3 Å². The molecule has 30 heavy (non-hydrogen) atoms. The van der Waals surface area contributed by atoms with E-state index in [1.165, 1.54) is 0 Å². The number of aromatic nitrogens is 1. The second-order valence-corrected chi connectivity index (χ2v) is 7.38. The molecule has 3 aromatic carbocycles. The van der Waals surface area contributed by atoms with Crippen LogP contribution in [-0.4, -0.2) is 22.8 Å². The first kappa shape index (κ1) is 18.1. The average Bonchev–Trinajstić information content (AvgIpc) is 3.11. The van der Waals surface area contributed by atoms with Gasteiger partial charge in [0, 0.05) is 17.5 Å². The van der Waals surface area contributed by atoms with Crippen LogP contribution in [0.15, 0.2) is 85.1 Å². The standard InChI is InChI=1S/C25H19N3O2/c26-24(29)23(28-25(30)20-13-14-27-21-12-6-5-9-17(20)21)22-18-10-3-1-7-15(18)16-8-2-4-11-19(16)22/h1-14,22-23H,(H2,26,29)(H,28,30)/t23-/m1/s1. The highest BCUT2D eigenvalue weighted by molar-refractivity contribution is 6.07. The Kier molecular flexibility index (Phi) is 4.29. The Hall–Kier alpha value is -3.99. The van der Waals surface area contributed by atoms with Gasteiger partial charge in [-0.2, -0.15) is 0 Å². The summed E-state index contributed by atoms with van der Waals surface area (Å²) in [6.45, 7) is 0. The number of pyridine rings is 1. The van der Waals surface area contributed by atoms with Crippen LogP contribution in [0.3, 0.4) is 0 Å². The van der Waals surface area contributed by atoms with Crippen molar-refractivity contribution in [1.82, 2.24) is 10.3 Å². The van der Waals surface area contributed by atoms with Gasteiger partial charge in [0.15, 0.2) is 0 Å². The van der Waals surface area contributed by atoms with Crippen LogP contribution < -0.4 is 11.1 Å². The Morgan fingerprint density at radius 2 is 1.43 bits per heavy atom. The molecule has 3 N–H and O–H groups in total. The minimum Gasteiger partial charge on any atom is -0.368 e. The van der Waals surface area contributed by atoms with Gasteiger partial charge < -0.3 is 11.1 Å². The smallest absolute Gasteiger partial charge is 0.252 e. The van der Waals surface area contributed by atoms with Gasteiger partial charge in [0.25, 0.3) is 5.91 Å². The third-order valence-electron chi connectivity index (χ3n) is 5.70. The molecule has 0 unspecified atom stereocenters.